The maximum atomic E-state index is 2.43. The van der Waals surface area contributed by atoms with Gasteiger partial charge < -0.3 is 4.90 Å². The Bertz CT molecular complexity index is 286. The molecule has 0 amide bonds. The second-order valence-corrected chi connectivity index (χ2v) is 11.8. The van der Waals surface area contributed by atoms with Crippen LogP contribution in [0.4, 0.5) is 0 Å². The van der Waals surface area contributed by atoms with E-state index in [1.807, 2.05) is 11.3 Å². The lowest BCUT2D eigenvalue weighted by atomic mass is 10.3. The molecule has 0 aliphatic heterocycles. The van der Waals surface area contributed by atoms with Crippen LogP contribution in [0, 0.1) is 0 Å². The monoisotopic (exact) mass is 227 g/mol. The van der Waals surface area contributed by atoms with Gasteiger partial charge in [-0.1, -0.05) is 19.6 Å². The second kappa shape index (κ2) is 4.60. The highest BCUT2D eigenvalue weighted by Gasteiger charge is 2.16. The number of hydrogen-bond acceptors (Lipinski definition) is 2. The van der Waals surface area contributed by atoms with Crippen LogP contribution in [-0.4, -0.2) is 27.1 Å². The number of nitrogens with zero attached hydrogens (tertiary/aromatic N) is 1. The summed E-state index contributed by atoms with van der Waals surface area (Å²) in [5.41, 5.74) is 1.59. The topological polar surface area (TPSA) is 3.24 Å². The Labute approximate surface area is 92.8 Å². The van der Waals surface area contributed by atoms with E-state index >= 15 is 0 Å². The first-order valence-corrected chi connectivity index (χ1v) is 9.67. The van der Waals surface area contributed by atoms with Crippen LogP contribution < -0.4 is 0 Å². The van der Waals surface area contributed by atoms with Gasteiger partial charge in [-0.15, -0.1) is 11.3 Å². The zero-order valence-electron chi connectivity index (χ0n) is 9.92. The zero-order chi connectivity index (χ0) is 10.8. The van der Waals surface area contributed by atoms with Gasteiger partial charge in [0.25, 0.3) is 0 Å². The van der Waals surface area contributed by atoms with Crippen molar-refractivity contribution in [1.82, 2.24) is 4.90 Å². The Morgan fingerprint density at radius 3 is 2.43 bits per heavy atom. The van der Waals surface area contributed by atoms with Crippen molar-refractivity contribution in [2.75, 3.05) is 14.1 Å². The van der Waals surface area contributed by atoms with Gasteiger partial charge in [-0.05, 0) is 37.1 Å². The smallest absolute Gasteiger partial charge is 0.0487 e. The van der Waals surface area contributed by atoms with E-state index < -0.39 is 8.07 Å². The molecule has 1 aromatic heterocycles. The number of hydrogen-bond donors (Lipinski definition) is 0. The first-order valence-electron chi connectivity index (χ1n) is 5.08. The Morgan fingerprint density at radius 1 is 1.29 bits per heavy atom. The molecule has 0 spiro atoms. The third-order valence-electron chi connectivity index (χ3n) is 2.02. The summed E-state index contributed by atoms with van der Waals surface area (Å²) < 4.78 is 0. The summed E-state index contributed by atoms with van der Waals surface area (Å²) >= 11 is 1.90. The molecule has 0 atom stereocenters. The molecule has 80 valence electrons. The third kappa shape index (κ3) is 3.94. The van der Waals surface area contributed by atoms with Crippen LogP contribution in [-0.2, 0) is 12.6 Å². The molecule has 0 fully saturated rings. The largest absolute Gasteiger partial charge is 0.304 e. The molecule has 0 N–H and O–H groups in total. The third-order valence-corrected chi connectivity index (χ3v) is 4.41. The Balaban J connectivity index is 2.72. The molecule has 1 nitrogen and oxygen atoms in total. The summed E-state index contributed by atoms with van der Waals surface area (Å²) in [5, 5.41) is 2.23. The summed E-state index contributed by atoms with van der Waals surface area (Å²) in [6.45, 7) is 8.40. The molecule has 14 heavy (non-hydrogen) atoms. The van der Waals surface area contributed by atoms with Crippen molar-refractivity contribution in [1.29, 1.82) is 0 Å². The predicted octanol–water partition coefficient (Wildman–Crippen LogP) is 3.23. The molecular formula is C11H21NSSi. The van der Waals surface area contributed by atoms with Crippen LogP contribution in [0.1, 0.15) is 10.4 Å². The summed E-state index contributed by atoms with van der Waals surface area (Å²) in [7, 11) is 3.32. The Morgan fingerprint density at radius 2 is 1.93 bits per heavy atom. The van der Waals surface area contributed by atoms with Crippen LogP contribution in [0.15, 0.2) is 11.4 Å². The summed E-state index contributed by atoms with van der Waals surface area (Å²) in [4.78, 5) is 3.80. The normalized spacial score (nSPS) is 12.4. The molecule has 1 heterocycles. The maximum absolute atomic E-state index is 2.43. The van der Waals surface area contributed by atoms with E-state index in [1.54, 1.807) is 10.4 Å². The van der Waals surface area contributed by atoms with Gasteiger partial charge >= 0.3 is 0 Å². The number of thiophene rings is 1. The van der Waals surface area contributed by atoms with Gasteiger partial charge in [-0.3, -0.25) is 0 Å². The minimum absolute atomic E-state index is 0.956. The molecule has 1 aromatic rings. The molecule has 0 bridgehead atoms. The van der Waals surface area contributed by atoms with Gasteiger partial charge in [0, 0.05) is 19.5 Å². The average molecular weight is 227 g/mol. The van der Waals surface area contributed by atoms with Crippen molar-refractivity contribution in [3.05, 3.63) is 21.9 Å². The first kappa shape index (κ1) is 11.9. The van der Waals surface area contributed by atoms with E-state index in [2.05, 4.69) is 50.1 Å². The van der Waals surface area contributed by atoms with E-state index in [1.165, 1.54) is 6.04 Å². The number of rotatable bonds is 4. The van der Waals surface area contributed by atoms with Crippen molar-refractivity contribution in [2.45, 2.75) is 32.2 Å². The first-order chi connectivity index (χ1) is 6.38. The van der Waals surface area contributed by atoms with Crippen molar-refractivity contribution in [3.63, 3.8) is 0 Å². The molecule has 0 aliphatic rings. The van der Waals surface area contributed by atoms with Gasteiger partial charge in [-0.25, -0.2) is 0 Å². The second-order valence-electron chi connectivity index (χ2n) is 5.34. The van der Waals surface area contributed by atoms with Crippen molar-refractivity contribution in [2.24, 2.45) is 0 Å². The van der Waals surface area contributed by atoms with Crippen LogP contribution in [0.2, 0.25) is 19.6 Å². The fraction of sp³-hybridized carbons (Fsp3) is 0.636. The quantitative estimate of drug-likeness (QED) is 0.714. The molecule has 0 saturated heterocycles. The zero-order valence-corrected chi connectivity index (χ0v) is 11.7. The van der Waals surface area contributed by atoms with Crippen molar-refractivity contribution in [3.8, 4) is 0 Å². The minimum Gasteiger partial charge on any atom is -0.304 e. The maximum Gasteiger partial charge on any atom is 0.0487 e. The van der Waals surface area contributed by atoms with Gasteiger partial charge in [0.15, 0.2) is 0 Å². The van der Waals surface area contributed by atoms with E-state index in [9.17, 15) is 0 Å². The Kier molecular flexibility index (Phi) is 3.92. The average Bonchev–Trinajstić information content (AvgIpc) is 2.32. The molecule has 0 aromatic carbocycles. The lowest BCUT2D eigenvalue weighted by molar-refractivity contribution is 0.405. The standard InChI is InChI=1S/C11H21NSSi/c1-12(2)8-11-10(6-7-13-11)9-14(3,4)5/h6-7H,8-9H2,1-5H3. The van der Waals surface area contributed by atoms with Gasteiger partial charge in [-0.2, -0.15) is 0 Å². The van der Waals surface area contributed by atoms with Gasteiger partial charge in [0.1, 0.15) is 0 Å². The van der Waals surface area contributed by atoms with Gasteiger partial charge in [0.05, 0.1) is 0 Å². The van der Waals surface area contributed by atoms with E-state index in [0.29, 0.717) is 0 Å². The molecular weight excluding hydrogens is 206 g/mol. The summed E-state index contributed by atoms with van der Waals surface area (Å²) in [6, 6.07) is 3.63. The fourth-order valence-corrected chi connectivity index (χ4v) is 4.14. The summed E-state index contributed by atoms with van der Waals surface area (Å²) in [6.07, 6.45) is 0. The Hall–Kier alpha value is -0.123. The van der Waals surface area contributed by atoms with Crippen LogP contribution in [0.25, 0.3) is 0 Å². The highest BCUT2D eigenvalue weighted by atomic mass is 32.1. The summed E-state index contributed by atoms with van der Waals surface area (Å²) in [5.74, 6) is 0. The van der Waals surface area contributed by atoms with Crippen LogP contribution in [0.3, 0.4) is 0 Å². The molecule has 0 unspecified atom stereocenters. The fourth-order valence-electron chi connectivity index (χ4n) is 1.52. The van der Waals surface area contributed by atoms with E-state index in [-0.39, 0.29) is 0 Å². The van der Waals surface area contributed by atoms with Crippen molar-refractivity contribution >= 4 is 19.4 Å². The predicted molar refractivity (Wildman–Crippen MR) is 68.8 cm³/mol. The molecule has 0 radical (unpaired) electrons. The molecule has 1 rings (SSSR count). The SMILES string of the molecule is CN(C)Cc1sccc1C[Si](C)(C)C. The van der Waals surface area contributed by atoms with Crippen LogP contribution in [0.5, 0.6) is 0 Å². The van der Waals surface area contributed by atoms with Gasteiger partial charge in [0.2, 0.25) is 0 Å². The lowest BCUT2D eigenvalue weighted by Crippen LogP contribution is -2.24. The lowest BCUT2D eigenvalue weighted by Gasteiger charge is -2.17. The molecule has 0 saturated carbocycles. The molecule has 3 heteroatoms. The highest BCUT2D eigenvalue weighted by Crippen LogP contribution is 2.22. The van der Waals surface area contributed by atoms with Crippen molar-refractivity contribution < 1.29 is 0 Å². The molecule has 0 aliphatic carbocycles. The van der Waals surface area contributed by atoms with E-state index in [0.717, 1.165) is 6.54 Å². The van der Waals surface area contributed by atoms with E-state index in [4.69, 9.17) is 0 Å². The minimum atomic E-state index is -0.956. The highest BCUT2D eigenvalue weighted by molar-refractivity contribution is 7.10. The van der Waals surface area contributed by atoms with Crippen LogP contribution >= 0.6 is 11.3 Å².